The third-order valence-corrected chi connectivity index (χ3v) is 1.61. The van der Waals surface area contributed by atoms with Gasteiger partial charge >= 0.3 is 12.4 Å². The average Bonchev–Trinajstić information content (AvgIpc) is 2.00. The zero-order chi connectivity index (χ0) is 11.9. The van der Waals surface area contributed by atoms with Crippen molar-refractivity contribution in [1.82, 2.24) is 4.98 Å². The number of aromatic nitrogens is 1. The molecule has 0 fully saturated rings. The molecule has 1 rings (SSSR count). The van der Waals surface area contributed by atoms with Gasteiger partial charge in [-0.3, -0.25) is 0 Å². The molecule has 0 radical (unpaired) electrons. The van der Waals surface area contributed by atoms with E-state index >= 15 is 0 Å². The molecule has 0 saturated heterocycles. The van der Waals surface area contributed by atoms with Gasteiger partial charge in [-0.2, -0.15) is 26.3 Å². The summed E-state index contributed by atoms with van der Waals surface area (Å²) in [5.74, 6) is 0. The van der Waals surface area contributed by atoms with Crippen molar-refractivity contribution in [2.45, 2.75) is 19.3 Å². The van der Waals surface area contributed by atoms with Crippen molar-refractivity contribution in [2.24, 2.45) is 0 Å². The van der Waals surface area contributed by atoms with E-state index in [0.717, 1.165) is 6.07 Å². The Balaban J connectivity index is 3.41. The van der Waals surface area contributed by atoms with Crippen LogP contribution in [-0.4, -0.2) is 4.98 Å². The average molecular weight is 229 g/mol. The summed E-state index contributed by atoms with van der Waals surface area (Å²) in [7, 11) is 0. The van der Waals surface area contributed by atoms with Gasteiger partial charge in [0.05, 0.1) is 5.56 Å². The minimum Gasteiger partial charge on any atom is -0.248 e. The highest BCUT2D eigenvalue weighted by Crippen LogP contribution is 2.38. The zero-order valence-electron chi connectivity index (χ0n) is 7.37. The Bertz CT molecular complexity index is 364. The highest BCUT2D eigenvalue weighted by molar-refractivity contribution is 5.27. The quantitative estimate of drug-likeness (QED) is 0.621. The summed E-state index contributed by atoms with van der Waals surface area (Å²) in [5, 5.41) is 0. The Morgan fingerprint density at radius 2 is 1.47 bits per heavy atom. The van der Waals surface area contributed by atoms with Crippen LogP contribution >= 0.6 is 0 Å². The van der Waals surface area contributed by atoms with Crippen LogP contribution in [0.2, 0.25) is 0 Å². The van der Waals surface area contributed by atoms with Gasteiger partial charge in [0.2, 0.25) is 0 Å². The predicted octanol–water partition coefficient (Wildman–Crippen LogP) is 3.43. The van der Waals surface area contributed by atoms with E-state index in [1.807, 2.05) is 0 Å². The molecular weight excluding hydrogens is 224 g/mol. The molecule has 1 aromatic rings. The van der Waals surface area contributed by atoms with Crippen LogP contribution < -0.4 is 0 Å². The molecule has 0 aliphatic carbocycles. The van der Waals surface area contributed by atoms with Gasteiger partial charge in [0.1, 0.15) is 0 Å². The summed E-state index contributed by atoms with van der Waals surface area (Å²) < 4.78 is 73.1. The molecular formula is C8H5F6N. The molecule has 84 valence electrons. The normalized spacial score (nSPS) is 13.0. The van der Waals surface area contributed by atoms with E-state index in [4.69, 9.17) is 0 Å². The van der Waals surface area contributed by atoms with Crippen LogP contribution in [0.15, 0.2) is 12.1 Å². The van der Waals surface area contributed by atoms with Crippen LogP contribution in [0.5, 0.6) is 0 Å². The van der Waals surface area contributed by atoms with Crippen molar-refractivity contribution in [1.29, 1.82) is 0 Å². The van der Waals surface area contributed by atoms with Crippen LogP contribution in [0.1, 0.15) is 17.0 Å². The lowest BCUT2D eigenvalue weighted by molar-refractivity contribution is -0.164. The van der Waals surface area contributed by atoms with Gasteiger partial charge in [0.25, 0.3) is 0 Å². The van der Waals surface area contributed by atoms with Gasteiger partial charge < -0.3 is 0 Å². The summed E-state index contributed by atoms with van der Waals surface area (Å²) >= 11 is 0. The first kappa shape index (κ1) is 11.8. The minimum absolute atomic E-state index is 0.115. The number of aryl methyl sites for hydroxylation is 1. The molecule has 0 aliphatic heterocycles. The van der Waals surface area contributed by atoms with Crippen LogP contribution in [0.4, 0.5) is 26.3 Å². The lowest BCUT2D eigenvalue weighted by Crippen LogP contribution is -2.18. The molecule has 0 atom stereocenters. The van der Waals surface area contributed by atoms with E-state index < -0.39 is 23.6 Å². The maximum atomic E-state index is 12.2. The van der Waals surface area contributed by atoms with Crippen molar-refractivity contribution >= 4 is 0 Å². The smallest absolute Gasteiger partial charge is 0.248 e. The second-order valence-corrected chi connectivity index (χ2v) is 2.84. The van der Waals surface area contributed by atoms with Gasteiger partial charge in [0, 0.05) is 5.69 Å². The minimum atomic E-state index is -5.10. The number of hydrogen-bond acceptors (Lipinski definition) is 1. The van der Waals surface area contributed by atoms with E-state index in [-0.39, 0.29) is 5.69 Å². The van der Waals surface area contributed by atoms with Gasteiger partial charge in [-0.05, 0) is 19.1 Å². The van der Waals surface area contributed by atoms with Crippen molar-refractivity contribution in [3.8, 4) is 0 Å². The predicted molar refractivity (Wildman–Crippen MR) is 39.0 cm³/mol. The molecule has 0 unspecified atom stereocenters. The van der Waals surface area contributed by atoms with Crippen LogP contribution in [0.25, 0.3) is 0 Å². The molecule has 0 saturated carbocycles. The Kier molecular flexibility index (Phi) is 2.67. The largest absolute Gasteiger partial charge is 0.433 e. The zero-order valence-corrected chi connectivity index (χ0v) is 7.37. The van der Waals surface area contributed by atoms with E-state index in [1.165, 1.54) is 6.92 Å². The summed E-state index contributed by atoms with van der Waals surface area (Å²) in [5.41, 5.74) is -3.77. The van der Waals surface area contributed by atoms with Gasteiger partial charge in [0.15, 0.2) is 5.69 Å². The Morgan fingerprint density at radius 1 is 0.933 bits per heavy atom. The monoisotopic (exact) mass is 229 g/mol. The van der Waals surface area contributed by atoms with Crippen molar-refractivity contribution in [3.05, 3.63) is 29.1 Å². The van der Waals surface area contributed by atoms with Gasteiger partial charge in [-0.15, -0.1) is 0 Å². The van der Waals surface area contributed by atoms with Crippen LogP contribution in [-0.2, 0) is 12.4 Å². The number of pyridine rings is 1. The van der Waals surface area contributed by atoms with E-state index in [9.17, 15) is 26.3 Å². The molecule has 1 heterocycles. The summed E-state index contributed by atoms with van der Waals surface area (Å²) in [6.07, 6.45) is -10.2. The maximum absolute atomic E-state index is 12.2. The van der Waals surface area contributed by atoms with E-state index in [1.54, 1.807) is 0 Å². The first-order valence-corrected chi connectivity index (χ1v) is 3.74. The molecule has 0 amide bonds. The molecule has 0 N–H and O–H groups in total. The molecule has 0 bridgehead atoms. The summed E-state index contributed by atoms with van der Waals surface area (Å²) in [4.78, 5) is 2.87. The van der Waals surface area contributed by atoms with Crippen molar-refractivity contribution < 1.29 is 26.3 Å². The number of nitrogens with zero attached hydrogens (tertiary/aromatic N) is 1. The lowest BCUT2D eigenvalue weighted by Gasteiger charge is -2.14. The first-order chi connectivity index (χ1) is 6.62. The summed E-state index contributed by atoms with van der Waals surface area (Å²) in [6, 6.07) is 1.27. The number of alkyl halides is 6. The van der Waals surface area contributed by atoms with Crippen LogP contribution in [0, 0.1) is 6.92 Å². The van der Waals surface area contributed by atoms with E-state index in [0.29, 0.717) is 6.07 Å². The number of hydrogen-bond donors (Lipinski definition) is 0. The number of rotatable bonds is 0. The third-order valence-electron chi connectivity index (χ3n) is 1.61. The second kappa shape index (κ2) is 3.39. The Morgan fingerprint density at radius 3 is 1.87 bits per heavy atom. The Hall–Kier alpha value is -1.27. The molecule has 15 heavy (non-hydrogen) atoms. The topological polar surface area (TPSA) is 12.9 Å². The first-order valence-electron chi connectivity index (χ1n) is 3.74. The molecule has 1 nitrogen and oxygen atoms in total. The standard InChI is InChI=1S/C8H5F6N/c1-4-2-3-5(7(9,10)11)6(15-4)8(12,13)14/h2-3H,1H3. The lowest BCUT2D eigenvalue weighted by atomic mass is 10.1. The van der Waals surface area contributed by atoms with Crippen molar-refractivity contribution in [3.63, 3.8) is 0 Å². The third kappa shape index (κ3) is 2.60. The van der Waals surface area contributed by atoms with Crippen molar-refractivity contribution in [2.75, 3.05) is 0 Å². The van der Waals surface area contributed by atoms with Gasteiger partial charge in [-0.1, -0.05) is 0 Å². The number of halogens is 6. The fraction of sp³-hybridized carbons (Fsp3) is 0.375. The molecule has 7 heteroatoms. The highest BCUT2D eigenvalue weighted by atomic mass is 19.4. The fourth-order valence-corrected chi connectivity index (χ4v) is 1.00. The second-order valence-electron chi connectivity index (χ2n) is 2.84. The highest BCUT2D eigenvalue weighted by Gasteiger charge is 2.44. The van der Waals surface area contributed by atoms with Crippen LogP contribution in [0.3, 0.4) is 0 Å². The Labute approximate surface area is 80.7 Å². The molecule has 0 aromatic carbocycles. The van der Waals surface area contributed by atoms with Gasteiger partial charge in [-0.25, -0.2) is 4.98 Å². The molecule has 0 aliphatic rings. The maximum Gasteiger partial charge on any atom is 0.433 e. The molecule has 0 spiro atoms. The summed E-state index contributed by atoms with van der Waals surface area (Å²) in [6.45, 7) is 1.19. The SMILES string of the molecule is Cc1ccc(C(F)(F)F)c(C(F)(F)F)n1. The fourth-order valence-electron chi connectivity index (χ4n) is 1.00. The van der Waals surface area contributed by atoms with E-state index in [2.05, 4.69) is 4.98 Å². The molecule has 1 aromatic heterocycles.